The molecule has 1 aromatic rings. The monoisotopic (exact) mass is 358 g/mol. The number of para-hydroxylation sites is 1. The van der Waals surface area contributed by atoms with Gasteiger partial charge in [0.25, 0.3) is 0 Å². The molecule has 1 aromatic carbocycles. The average molecular weight is 359 g/mol. The molecular weight excluding hydrogens is 324 g/mol. The first-order valence-corrected chi connectivity index (χ1v) is 10.1. The van der Waals surface area contributed by atoms with Crippen molar-refractivity contribution in [2.75, 3.05) is 46.3 Å². The molecule has 2 fully saturated rings. The average Bonchev–Trinajstić information content (AvgIpc) is 2.68. The molecule has 0 amide bonds. The highest BCUT2D eigenvalue weighted by molar-refractivity contribution is 5.79. The number of rotatable bonds is 5. The standard InChI is InChI=1S/C21H34N4O/c1-18-8-13-24(14-9-18)17-12-23-21(22-2)25-15-10-20(11-16-25)26-19-6-4-3-5-7-19/h3-7,18,20H,8-17H2,1-2H3,(H,22,23). The first-order valence-electron chi connectivity index (χ1n) is 10.1. The topological polar surface area (TPSA) is 40.1 Å². The van der Waals surface area contributed by atoms with Crippen molar-refractivity contribution in [2.24, 2.45) is 10.9 Å². The van der Waals surface area contributed by atoms with Gasteiger partial charge in [0.15, 0.2) is 5.96 Å². The lowest BCUT2D eigenvalue weighted by molar-refractivity contribution is 0.129. The number of ether oxygens (including phenoxy) is 1. The fourth-order valence-corrected chi connectivity index (χ4v) is 3.82. The molecule has 0 radical (unpaired) electrons. The Balaban J connectivity index is 1.37. The van der Waals surface area contributed by atoms with Crippen LogP contribution >= 0.6 is 0 Å². The molecule has 0 atom stereocenters. The second kappa shape index (κ2) is 9.81. The number of hydrogen-bond acceptors (Lipinski definition) is 3. The Morgan fingerprint density at radius 1 is 1.08 bits per heavy atom. The molecule has 2 aliphatic heterocycles. The van der Waals surface area contributed by atoms with E-state index in [0.717, 1.165) is 56.6 Å². The quantitative estimate of drug-likeness (QED) is 0.649. The summed E-state index contributed by atoms with van der Waals surface area (Å²) in [6.07, 6.45) is 5.06. The fourth-order valence-electron chi connectivity index (χ4n) is 3.82. The van der Waals surface area contributed by atoms with E-state index in [1.807, 2.05) is 37.4 Å². The smallest absolute Gasteiger partial charge is 0.193 e. The molecule has 2 heterocycles. The lowest BCUT2D eigenvalue weighted by atomic mass is 9.99. The molecule has 2 saturated heterocycles. The summed E-state index contributed by atoms with van der Waals surface area (Å²) < 4.78 is 6.09. The normalized spacial score (nSPS) is 21.0. The van der Waals surface area contributed by atoms with Gasteiger partial charge in [0.2, 0.25) is 0 Å². The minimum absolute atomic E-state index is 0.307. The largest absolute Gasteiger partial charge is 0.490 e. The summed E-state index contributed by atoms with van der Waals surface area (Å²) in [5, 5.41) is 3.56. The number of nitrogens with one attached hydrogen (secondary N) is 1. The van der Waals surface area contributed by atoms with Gasteiger partial charge in [-0.1, -0.05) is 25.1 Å². The predicted molar refractivity (Wildman–Crippen MR) is 108 cm³/mol. The first kappa shape index (κ1) is 19.0. The molecule has 2 aliphatic rings. The van der Waals surface area contributed by atoms with E-state index in [4.69, 9.17) is 4.74 Å². The van der Waals surface area contributed by atoms with Gasteiger partial charge in [-0.3, -0.25) is 4.99 Å². The molecular formula is C21H34N4O. The van der Waals surface area contributed by atoms with Crippen LogP contribution in [0.25, 0.3) is 0 Å². The van der Waals surface area contributed by atoms with Crippen LogP contribution in [0, 0.1) is 5.92 Å². The van der Waals surface area contributed by atoms with Gasteiger partial charge in [-0.05, 0) is 44.0 Å². The molecule has 26 heavy (non-hydrogen) atoms. The van der Waals surface area contributed by atoms with E-state index < -0.39 is 0 Å². The molecule has 1 N–H and O–H groups in total. The van der Waals surface area contributed by atoms with E-state index in [1.165, 1.54) is 25.9 Å². The second-order valence-electron chi connectivity index (χ2n) is 7.62. The Morgan fingerprint density at radius 3 is 2.42 bits per heavy atom. The summed E-state index contributed by atoms with van der Waals surface area (Å²) in [4.78, 5) is 9.42. The lowest BCUT2D eigenvalue weighted by Gasteiger charge is -2.35. The second-order valence-corrected chi connectivity index (χ2v) is 7.62. The molecule has 3 rings (SSSR count). The van der Waals surface area contributed by atoms with Crippen molar-refractivity contribution in [1.29, 1.82) is 0 Å². The van der Waals surface area contributed by atoms with Gasteiger partial charge in [0.05, 0.1) is 0 Å². The van der Waals surface area contributed by atoms with Gasteiger partial charge in [0.1, 0.15) is 11.9 Å². The van der Waals surface area contributed by atoms with Crippen molar-refractivity contribution < 1.29 is 4.74 Å². The Hall–Kier alpha value is -1.75. The van der Waals surface area contributed by atoms with Crippen LogP contribution in [0.3, 0.4) is 0 Å². The zero-order valence-corrected chi connectivity index (χ0v) is 16.4. The van der Waals surface area contributed by atoms with E-state index >= 15 is 0 Å². The van der Waals surface area contributed by atoms with Crippen LogP contribution in [0.5, 0.6) is 5.75 Å². The van der Waals surface area contributed by atoms with Crippen molar-refractivity contribution >= 4 is 5.96 Å². The zero-order valence-electron chi connectivity index (χ0n) is 16.4. The molecule has 0 unspecified atom stereocenters. The molecule has 0 aliphatic carbocycles. The SMILES string of the molecule is CN=C(NCCN1CCC(C)CC1)N1CCC(Oc2ccccc2)CC1. The molecule has 5 nitrogen and oxygen atoms in total. The van der Waals surface area contributed by atoms with E-state index in [-0.39, 0.29) is 0 Å². The number of piperidine rings is 2. The van der Waals surface area contributed by atoms with Crippen LogP contribution in [0.1, 0.15) is 32.6 Å². The summed E-state index contributed by atoms with van der Waals surface area (Å²) in [5.74, 6) is 2.91. The summed E-state index contributed by atoms with van der Waals surface area (Å²) in [7, 11) is 1.89. The predicted octanol–water partition coefficient (Wildman–Crippen LogP) is 2.84. The van der Waals surface area contributed by atoms with Gasteiger partial charge in [-0.25, -0.2) is 0 Å². The minimum atomic E-state index is 0.307. The van der Waals surface area contributed by atoms with Crippen LogP contribution < -0.4 is 10.1 Å². The number of likely N-dealkylation sites (tertiary alicyclic amines) is 2. The van der Waals surface area contributed by atoms with Crippen molar-refractivity contribution in [2.45, 2.75) is 38.7 Å². The number of benzene rings is 1. The van der Waals surface area contributed by atoms with Crippen molar-refractivity contribution in [3.05, 3.63) is 30.3 Å². The van der Waals surface area contributed by atoms with Crippen molar-refractivity contribution in [3.8, 4) is 5.75 Å². The summed E-state index contributed by atoms with van der Waals surface area (Å²) in [6.45, 7) is 8.92. The Kier molecular flexibility index (Phi) is 7.18. The fraction of sp³-hybridized carbons (Fsp3) is 0.667. The van der Waals surface area contributed by atoms with Crippen LogP contribution in [-0.2, 0) is 0 Å². The summed E-state index contributed by atoms with van der Waals surface area (Å²) >= 11 is 0. The highest BCUT2D eigenvalue weighted by atomic mass is 16.5. The van der Waals surface area contributed by atoms with Crippen LogP contribution in [0.4, 0.5) is 0 Å². The van der Waals surface area contributed by atoms with Gasteiger partial charge in [-0.15, -0.1) is 0 Å². The van der Waals surface area contributed by atoms with E-state index in [1.54, 1.807) is 0 Å². The van der Waals surface area contributed by atoms with Gasteiger partial charge >= 0.3 is 0 Å². The number of nitrogens with zero attached hydrogens (tertiary/aromatic N) is 3. The van der Waals surface area contributed by atoms with Gasteiger partial charge in [-0.2, -0.15) is 0 Å². The molecule has 0 saturated carbocycles. The van der Waals surface area contributed by atoms with E-state index in [0.29, 0.717) is 6.10 Å². The third-order valence-electron chi connectivity index (χ3n) is 5.59. The van der Waals surface area contributed by atoms with Crippen LogP contribution in [-0.4, -0.2) is 68.2 Å². The maximum Gasteiger partial charge on any atom is 0.193 e. The highest BCUT2D eigenvalue weighted by Gasteiger charge is 2.23. The van der Waals surface area contributed by atoms with Crippen molar-refractivity contribution in [3.63, 3.8) is 0 Å². The molecule has 0 bridgehead atoms. The Morgan fingerprint density at radius 2 is 1.77 bits per heavy atom. The van der Waals surface area contributed by atoms with Gasteiger partial charge < -0.3 is 19.9 Å². The maximum atomic E-state index is 6.09. The zero-order chi connectivity index (χ0) is 18.2. The number of guanidine groups is 1. The Bertz CT molecular complexity index is 546. The summed E-state index contributed by atoms with van der Waals surface area (Å²) in [5.41, 5.74) is 0. The molecule has 0 spiro atoms. The number of aliphatic imine (C=N–C) groups is 1. The van der Waals surface area contributed by atoms with E-state index in [9.17, 15) is 0 Å². The van der Waals surface area contributed by atoms with Gasteiger partial charge in [0, 0.05) is 46.1 Å². The third kappa shape index (κ3) is 5.63. The van der Waals surface area contributed by atoms with Crippen molar-refractivity contribution in [1.82, 2.24) is 15.1 Å². The first-order chi connectivity index (χ1) is 12.7. The Labute approximate surface area is 158 Å². The molecule has 0 aromatic heterocycles. The van der Waals surface area contributed by atoms with E-state index in [2.05, 4.69) is 27.0 Å². The van der Waals surface area contributed by atoms with Crippen LogP contribution in [0.2, 0.25) is 0 Å². The van der Waals surface area contributed by atoms with Crippen LogP contribution in [0.15, 0.2) is 35.3 Å². The molecule has 144 valence electrons. The molecule has 5 heteroatoms. The highest BCUT2D eigenvalue weighted by Crippen LogP contribution is 2.19. The maximum absolute atomic E-state index is 6.09. The minimum Gasteiger partial charge on any atom is -0.490 e. The summed E-state index contributed by atoms with van der Waals surface area (Å²) in [6, 6.07) is 10.1. The third-order valence-corrected chi connectivity index (χ3v) is 5.59. The lowest BCUT2D eigenvalue weighted by Crippen LogP contribution is -2.49. The number of hydrogen-bond donors (Lipinski definition) is 1.